The first-order valence-corrected chi connectivity index (χ1v) is 8.43. The number of nitrogens with zero attached hydrogens (tertiary/aromatic N) is 3. The van der Waals surface area contributed by atoms with Gasteiger partial charge in [0.1, 0.15) is 11.0 Å². The Morgan fingerprint density at radius 2 is 2.12 bits per heavy atom. The molecule has 0 amide bonds. The number of aryl methyl sites for hydroxylation is 1. The van der Waals surface area contributed by atoms with Gasteiger partial charge in [0, 0.05) is 31.7 Å². The van der Waals surface area contributed by atoms with Crippen molar-refractivity contribution in [3.63, 3.8) is 0 Å². The summed E-state index contributed by atoms with van der Waals surface area (Å²) in [6.45, 7) is 5.98. The second kappa shape index (κ2) is 7.61. The third kappa shape index (κ3) is 3.95. The standard InChI is InChI=1S/C17H22ClFN4O/c1-12-16(10-20-9-15-11-22(2)7-8-24-15)17(18)23(21-12)14-5-3-13(19)4-6-14/h3-6,15,20H,7-11H2,1-2H3. The van der Waals surface area contributed by atoms with Gasteiger partial charge in [0.05, 0.1) is 24.1 Å². The number of morpholine rings is 1. The lowest BCUT2D eigenvalue weighted by molar-refractivity contribution is -0.0182. The maximum Gasteiger partial charge on any atom is 0.137 e. The summed E-state index contributed by atoms with van der Waals surface area (Å²) >= 11 is 6.48. The van der Waals surface area contributed by atoms with E-state index in [-0.39, 0.29) is 11.9 Å². The molecule has 3 rings (SSSR count). The number of ether oxygens (including phenoxy) is 1. The van der Waals surface area contributed by atoms with Gasteiger partial charge in [-0.3, -0.25) is 0 Å². The van der Waals surface area contributed by atoms with Crippen LogP contribution in [0.5, 0.6) is 0 Å². The lowest BCUT2D eigenvalue weighted by Crippen LogP contribution is -2.44. The van der Waals surface area contributed by atoms with Crippen LogP contribution in [0.4, 0.5) is 4.39 Å². The van der Waals surface area contributed by atoms with Crippen molar-refractivity contribution in [1.29, 1.82) is 0 Å². The third-order valence-corrected chi connectivity index (χ3v) is 4.60. The Bertz CT molecular complexity index is 689. The van der Waals surface area contributed by atoms with Gasteiger partial charge in [-0.05, 0) is 38.2 Å². The normalized spacial score (nSPS) is 18.9. The molecule has 1 fully saturated rings. The lowest BCUT2D eigenvalue weighted by Gasteiger charge is -2.30. The van der Waals surface area contributed by atoms with Gasteiger partial charge < -0.3 is 15.0 Å². The van der Waals surface area contributed by atoms with Crippen molar-refractivity contribution >= 4 is 11.6 Å². The summed E-state index contributed by atoms with van der Waals surface area (Å²) in [6.07, 6.45) is 0.190. The van der Waals surface area contributed by atoms with Crippen LogP contribution in [0.1, 0.15) is 11.3 Å². The van der Waals surface area contributed by atoms with Crippen LogP contribution < -0.4 is 5.32 Å². The third-order valence-electron chi connectivity index (χ3n) is 4.21. The van der Waals surface area contributed by atoms with E-state index in [0.717, 1.165) is 43.2 Å². The molecule has 1 unspecified atom stereocenters. The molecule has 130 valence electrons. The van der Waals surface area contributed by atoms with E-state index in [2.05, 4.69) is 22.4 Å². The average Bonchev–Trinajstić information content (AvgIpc) is 2.84. The van der Waals surface area contributed by atoms with Crippen LogP contribution in [0.25, 0.3) is 5.69 Å². The topological polar surface area (TPSA) is 42.3 Å². The summed E-state index contributed by atoms with van der Waals surface area (Å²) < 4.78 is 20.4. The highest BCUT2D eigenvalue weighted by molar-refractivity contribution is 6.30. The van der Waals surface area contributed by atoms with Crippen LogP contribution in [-0.2, 0) is 11.3 Å². The molecule has 1 N–H and O–H groups in total. The van der Waals surface area contributed by atoms with E-state index in [1.165, 1.54) is 12.1 Å². The molecule has 1 aliphatic rings. The molecule has 1 aromatic heterocycles. The molecule has 0 bridgehead atoms. The van der Waals surface area contributed by atoms with Gasteiger partial charge in [0.2, 0.25) is 0 Å². The fourth-order valence-corrected chi connectivity index (χ4v) is 3.17. The zero-order chi connectivity index (χ0) is 17.1. The summed E-state index contributed by atoms with van der Waals surface area (Å²) in [7, 11) is 2.10. The Labute approximate surface area is 146 Å². The maximum atomic E-state index is 13.1. The lowest BCUT2D eigenvalue weighted by atomic mass is 10.2. The minimum Gasteiger partial charge on any atom is -0.374 e. The SMILES string of the molecule is Cc1nn(-c2ccc(F)cc2)c(Cl)c1CNCC1CN(C)CCO1. The van der Waals surface area contributed by atoms with Gasteiger partial charge in [-0.25, -0.2) is 9.07 Å². The molecule has 1 atom stereocenters. The molecule has 0 aliphatic carbocycles. The number of halogens is 2. The van der Waals surface area contributed by atoms with Crippen molar-refractivity contribution in [3.8, 4) is 5.69 Å². The molecule has 1 aromatic carbocycles. The number of likely N-dealkylation sites (N-methyl/N-ethyl adjacent to an activating group) is 1. The molecule has 0 saturated carbocycles. The summed E-state index contributed by atoms with van der Waals surface area (Å²) in [5.41, 5.74) is 2.55. The van der Waals surface area contributed by atoms with Crippen LogP contribution in [0.2, 0.25) is 5.15 Å². The highest BCUT2D eigenvalue weighted by Gasteiger charge is 2.19. The molecule has 0 spiro atoms. The van der Waals surface area contributed by atoms with E-state index in [4.69, 9.17) is 16.3 Å². The quantitative estimate of drug-likeness (QED) is 0.897. The molecule has 0 radical (unpaired) electrons. The fraction of sp³-hybridized carbons (Fsp3) is 0.471. The summed E-state index contributed by atoms with van der Waals surface area (Å²) in [6, 6.07) is 6.13. The highest BCUT2D eigenvalue weighted by Crippen LogP contribution is 2.23. The van der Waals surface area contributed by atoms with E-state index in [1.807, 2.05) is 6.92 Å². The van der Waals surface area contributed by atoms with Crippen LogP contribution >= 0.6 is 11.6 Å². The first kappa shape index (κ1) is 17.4. The van der Waals surface area contributed by atoms with Crippen molar-refractivity contribution in [3.05, 3.63) is 46.5 Å². The van der Waals surface area contributed by atoms with E-state index in [0.29, 0.717) is 11.7 Å². The number of hydrogen-bond acceptors (Lipinski definition) is 4. The van der Waals surface area contributed by atoms with Crippen molar-refractivity contribution in [2.75, 3.05) is 33.3 Å². The molecular weight excluding hydrogens is 331 g/mol. The predicted octanol–water partition coefficient (Wildman–Crippen LogP) is 2.39. The van der Waals surface area contributed by atoms with Gasteiger partial charge in [-0.2, -0.15) is 5.10 Å². The van der Waals surface area contributed by atoms with E-state index in [9.17, 15) is 4.39 Å². The fourth-order valence-electron chi connectivity index (χ4n) is 2.83. The zero-order valence-corrected chi connectivity index (χ0v) is 14.7. The van der Waals surface area contributed by atoms with E-state index < -0.39 is 0 Å². The highest BCUT2D eigenvalue weighted by atomic mass is 35.5. The first-order valence-electron chi connectivity index (χ1n) is 8.05. The first-order chi connectivity index (χ1) is 11.5. The summed E-state index contributed by atoms with van der Waals surface area (Å²) in [5.74, 6) is -0.280. The van der Waals surface area contributed by atoms with Crippen LogP contribution in [0.15, 0.2) is 24.3 Å². The molecule has 1 saturated heterocycles. The average molecular weight is 353 g/mol. The van der Waals surface area contributed by atoms with Gasteiger partial charge in [-0.15, -0.1) is 0 Å². The predicted molar refractivity (Wildman–Crippen MR) is 92.2 cm³/mol. The number of hydrogen-bond donors (Lipinski definition) is 1. The van der Waals surface area contributed by atoms with E-state index in [1.54, 1.807) is 16.8 Å². The molecular formula is C17H22ClFN4O. The van der Waals surface area contributed by atoms with Gasteiger partial charge in [0.15, 0.2) is 0 Å². The Hall–Kier alpha value is -1.47. The van der Waals surface area contributed by atoms with Gasteiger partial charge in [0.25, 0.3) is 0 Å². The van der Waals surface area contributed by atoms with Crippen molar-refractivity contribution in [1.82, 2.24) is 20.0 Å². The second-order valence-corrected chi connectivity index (χ2v) is 6.49. The van der Waals surface area contributed by atoms with Crippen molar-refractivity contribution < 1.29 is 9.13 Å². The van der Waals surface area contributed by atoms with Crippen molar-refractivity contribution in [2.45, 2.75) is 19.6 Å². The number of aromatic nitrogens is 2. The summed E-state index contributed by atoms with van der Waals surface area (Å²) in [5, 5.41) is 8.42. The van der Waals surface area contributed by atoms with Crippen LogP contribution in [0.3, 0.4) is 0 Å². The molecule has 5 nitrogen and oxygen atoms in total. The number of nitrogens with one attached hydrogen (secondary N) is 1. The number of benzene rings is 1. The van der Waals surface area contributed by atoms with Gasteiger partial charge in [-0.1, -0.05) is 11.6 Å². The second-order valence-electron chi connectivity index (χ2n) is 6.13. The molecule has 7 heteroatoms. The largest absolute Gasteiger partial charge is 0.374 e. The Kier molecular flexibility index (Phi) is 5.50. The van der Waals surface area contributed by atoms with Gasteiger partial charge >= 0.3 is 0 Å². The summed E-state index contributed by atoms with van der Waals surface area (Å²) in [4.78, 5) is 2.26. The molecule has 2 aromatic rings. The minimum absolute atomic E-state index is 0.190. The molecule has 1 aliphatic heterocycles. The van der Waals surface area contributed by atoms with Crippen LogP contribution in [-0.4, -0.2) is 54.1 Å². The zero-order valence-electron chi connectivity index (χ0n) is 13.9. The van der Waals surface area contributed by atoms with E-state index >= 15 is 0 Å². The Morgan fingerprint density at radius 3 is 2.83 bits per heavy atom. The van der Waals surface area contributed by atoms with Crippen LogP contribution in [0, 0.1) is 12.7 Å². The number of rotatable bonds is 5. The Morgan fingerprint density at radius 1 is 1.38 bits per heavy atom. The monoisotopic (exact) mass is 352 g/mol. The Balaban J connectivity index is 1.65. The smallest absolute Gasteiger partial charge is 0.137 e. The molecule has 2 heterocycles. The maximum absolute atomic E-state index is 13.1. The minimum atomic E-state index is -0.280. The molecule has 24 heavy (non-hydrogen) atoms. The van der Waals surface area contributed by atoms with Crippen molar-refractivity contribution in [2.24, 2.45) is 0 Å².